The first-order valence-corrected chi connectivity index (χ1v) is 12.5. The highest BCUT2D eigenvalue weighted by molar-refractivity contribution is 5.73. The lowest BCUT2D eigenvalue weighted by Crippen LogP contribution is -2.41. The Labute approximate surface area is 227 Å². The zero-order chi connectivity index (χ0) is 30.5. The maximum atomic E-state index is 10.6. The molecule has 1 aromatic rings. The van der Waals surface area contributed by atoms with Crippen LogP contribution in [0.1, 0.15) is 57.4 Å². The monoisotopic (exact) mass is 584 g/mol. The first-order chi connectivity index (χ1) is 18.5. The minimum absolute atomic E-state index is 0.267. The quantitative estimate of drug-likeness (QED) is 0.200. The number of alkyl halides is 6. The van der Waals surface area contributed by atoms with Crippen molar-refractivity contribution < 1.29 is 56.0 Å². The Kier molecular flexibility index (Phi) is 14.1. The van der Waals surface area contributed by atoms with Crippen LogP contribution in [0.15, 0.2) is 35.9 Å². The number of carboxylic acid groups (broad SMARTS) is 3. The van der Waals surface area contributed by atoms with E-state index in [2.05, 4.69) is 54.0 Å². The molecule has 0 bridgehead atoms. The molecule has 0 radical (unpaired) electrons. The van der Waals surface area contributed by atoms with Gasteiger partial charge in [-0.25, -0.2) is 9.59 Å². The lowest BCUT2D eigenvalue weighted by Gasteiger charge is -2.30. The summed E-state index contributed by atoms with van der Waals surface area (Å²) in [7, 11) is 0. The van der Waals surface area contributed by atoms with E-state index >= 15 is 0 Å². The second-order valence-electron chi connectivity index (χ2n) is 9.52. The number of nitrogens with one attached hydrogen (secondary N) is 2. The highest BCUT2D eigenvalue weighted by Gasteiger charge is 2.40. The van der Waals surface area contributed by atoms with Gasteiger partial charge in [0, 0.05) is 24.5 Å². The van der Waals surface area contributed by atoms with Gasteiger partial charge in [0.1, 0.15) is 0 Å². The van der Waals surface area contributed by atoms with E-state index in [0.717, 1.165) is 13.0 Å². The molecule has 2 saturated carbocycles. The van der Waals surface area contributed by atoms with Crippen molar-refractivity contribution >= 4 is 24.0 Å². The molecule has 0 spiro atoms. The number of carbonyl (C=O) groups is 3. The van der Waals surface area contributed by atoms with E-state index in [0.29, 0.717) is 24.0 Å². The van der Waals surface area contributed by atoms with E-state index in [4.69, 9.17) is 24.9 Å². The first-order valence-electron chi connectivity index (χ1n) is 12.5. The van der Waals surface area contributed by atoms with Crippen LogP contribution in [-0.4, -0.2) is 70.3 Å². The molecule has 1 aromatic carbocycles. The van der Waals surface area contributed by atoms with Crippen molar-refractivity contribution in [1.29, 1.82) is 0 Å². The Morgan fingerprint density at radius 3 is 1.80 bits per heavy atom. The van der Waals surface area contributed by atoms with Crippen molar-refractivity contribution in [3.63, 3.8) is 0 Å². The lowest BCUT2D eigenvalue weighted by molar-refractivity contribution is -0.193. The van der Waals surface area contributed by atoms with Gasteiger partial charge in [0.15, 0.2) is 0 Å². The topological polar surface area (TPSA) is 136 Å². The Balaban J connectivity index is 0.000000473. The second kappa shape index (κ2) is 16.2. The van der Waals surface area contributed by atoms with Crippen LogP contribution in [0, 0.1) is 5.92 Å². The Morgan fingerprint density at radius 2 is 1.35 bits per heavy atom. The van der Waals surface area contributed by atoms with Gasteiger partial charge in [-0.05, 0) is 63.5 Å². The second-order valence-corrected chi connectivity index (χ2v) is 9.52. The molecule has 2 atom stereocenters. The van der Waals surface area contributed by atoms with Gasteiger partial charge in [-0.15, -0.1) is 0 Å². The van der Waals surface area contributed by atoms with Crippen LogP contribution < -0.4 is 10.6 Å². The molecule has 0 unspecified atom stereocenters. The predicted octanol–water partition coefficient (Wildman–Crippen LogP) is 5.10. The SMILES string of the molecule is C/C(=C\c1ccccc1)[C@@H]1C[C@H]1NC1CCC(NCCCC(=O)O)CC1.O=C(O)C(F)(F)F.O=C(O)C(F)(F)F. The minimum atomic E-state index is -5.08. The van der Waals surface area contributed by atoms with Crippen LogP contribution in [-0.2, 0) is 14.4 Å². The summed E-state index contributed by atoms with van der Waals surface area (Å²) in [5, 5.41) is 30.3. The molecule has 8 nitrogen and oxygen atoms in total. The Morgan fingerprint density at radius 1 is 0.875 bits per heavy atom. The average Bonchev–Trinajstić information content (AvgIpc) is 3.62. The molecule has 5 N–H and O–H groups in total. The third-order valence-corrected chi connectivity index (χ3v) is 6.23. The highest BCUT2D eigenvalue weighted by Crippen LogP contribution is 2.39. The van der Waals surface area contributed by atoms with Gasteiger partial charge >= 0.3 is 30.3 Å². The molecule has 2 aliphatic carbocycles. The third-order valence-electron chi connectivity index (χ3n) is 6.23. The fourth-order valence-corrected chi connectivity index (χ4v) is 4.11. The van der Waals surface area contributed by atoms with Gasteiger partial charge in [-0.3, -0.25) is 4.79 Å². The number of halogens is 6. The van der Waals surface area contributed by atoms with Crippen molar-refractivity contribution in [2.75, 3.05) is 6.54 Å². The van der Waals surface area contributed by atoms with Crippen LogP contribution in [0.2, 0.25) is 0 Å². The summed E-state index contributed by atoms with van der Waals surface area (Å²) < 4.78 is 63.5. The Hall–Kier alpha value is -3.13. The first kappa shape index (κ1) is 34.9. The summed E-state index contributed by atoms with van der Waals surface area (Å²) in [6, 6.07) is 12.4. The third kappa shape index (κ3) is 14.9. The maximum absolute atomic E-state index is 10.6. The van der Waals surface area contributed by atoms with Gasteiger partial charge in [0.05, 0.1) is 0 Å². The molecule has 0 saturated heterocycles. The number of carboxylic acids is 3. The van der Waals surface area contributed by atoms with Crippen LogP contribution in [0.25, 0.3) is 6.08 Å². The minimum Gasteiger partial charge on any atom is -0.481 e. The largest absolute Gasteiger partial charge is 0.490 e. The van der Waals surface area contributed by atoms with Gasteiger partial charge in [0.2, 0.25) is 0 Å². The van der Waals surface area contributed by atoms with Crippen LogP contribution in [0.5, 0.6) is 0 Å². The van der Waals surface area contributed by atoms with Crippen molar-refractivity contribution in [3.05, 3.63) is 41.5 Å². The van der Waals surface area contributed by atoms with Crippen molar-refractivity contribution in [1.82, 2.24) is 10.6 Å². The van der Waals surface area contributed by atoms with Gasteiger partial charge in [0.25, 0.3) is 0 Å². The predicted molar refractivity (Wildman–Crippen MR) is 133 cm³/mol. The lowest BCUT2D eigenvalue weighted by atomic mass is 9.91. The average molecular weight is 585 g/mol. The van der Waals surface area contributed by atoms with E-state index < -0.39 is 30.3 Å². The fourth-order valence-electron chi connectivity index (χ4n) is 4.11. The van der Waals surface area contributed by atoms with E-state index in [9.17, 15) is 31.1 Å². The summed E-state index contributed by atoms with van der Waals surface area (Å²) in [6.07, 6.45) is -0.746. The molecule has 226 valence electrons. The highest BCUT2D eigenvalue weighted by atomic mass is 19.4. The van der Waals surface area contributed by atoms with Gasteiger partial charge in [-0.2, -0.15) is 26.3 Å². The number of hydrogen-bond acceptors (Lipinski definition) is 5. The molecule has 2 fully saturated rings. The number of aliphatic carboxylic acids is 3. The van der Waals surface area contributed by atoms with Crippen molar-refractivity contribution in [2.24, 2.45) is 5.92 Å². The number of hydrogen-bond donors (Lipinski definition) is 5. The zero-order valence-corrected chi connectivity index (χ0v) is 21.8. The molecule has 0 heterocycles. The van der Waals surface area contributed by atoms with E-state index in [1.165, 1.54) is 43.2 Å². The number of benzene rings is 1. The molecular formula is C26H34F6N2O6. The normalized spacial score (nSPS) is 22.6. The van der Waals surface area contributed by atoms with Crippen molar-refractivity contribution in [2.45, 2.75) is 82.3 Å². The molecule has 0 aromatic heterocycles. The molecule has 2 aliphatic rings. The van der Waals surface area contributed by atoms with Crippen LogP contribution in [0.4, 0.5) is 26.3 Å². The standard InChI is InChI=1S/C22H32N2O2.2C2HF3O2/c1-16(14-17-6-3-2-4-7-17)20-15-21(20)24-19-11-9-18(10-12-19)23-13-5-8-22(25)26;2*3-2(4,5)1(6)7/h2-4,6-7,14,18-21,23-24H,5,8-13,15H2,1H3,(H,25,26);2*(H,6,7)/b16-14+;;/t18?,19?,20-,21+;;/m0../s1. The van der Waals surface area contributed by atoms with E-state index in [-0.39, 0.29) is 6.42 Å². The summed E-state index contributed by atoms with van der Waals surface area (Å²) in [6.45, 7) is 3.08. The summed E-state index contributed by atoms with van der Waals surface area (Å²) in [5.41, 5.74) is 2.78. The number of rotatable bonds is 9. The summed E-state index contributed by atoms with van der Waals surface area (Å²) in [5.74, 6) is -5.52. The fraction of sp³-hybridized carbons (Fsp3) is 0.577. The van der Waals surface area contributed by atoms with E-state index in [1.807, 2.05) is 0 Å². The molecule has 0 amide bonds. The van der Waals surface area contributed by atoms with Crippen molar-refractivity contribution in [3.8, 4) is 0 Å². The summed E-state index contributed by atoms with van der Waals surface area (Å²) >= 11 is 0. The smallest absolute Gasteiger partial charge is 0.481 e. The molecule has 14 heteroatoms. The molecule has 3 rings (SSSR count). The maximum Gasteiger partial charge on any atom is 0.490 e. The summed E-state index contributed by atoms with van der Waals surface area (Å²) in [4.78, 5) is 28.3. The van der Waals surface area contributed by atoms with E-state index in [1.54, 1.807) is 0 Å². The zero-order valence-electron chi connectivity index (χ0n) is 21.8. The Bertz CT molecular complexity index is 952. The van der Waals surface area contributed by atoms with Crippen LogP contribution in [0.3, 0.4) is 0 Å². The molecular weight excluding hydrogens is 550 g/mol. The van der Waals surface area contributed by atoms with Gasteiger partial charge < -0.3 is 26.0 Å². The molecule has 40 heavy (non-hydrogen) atoms. The van der Waals surface area contributed by atoms with Gasteiger partial charge in [-0.1, -0.05) is 42.0 Å². The van der Waals surface area contributed by atoms with Crippen LogP contribution >= 0.6 is 0 Å². The molecule has 0 aliphatic heterocycles.